The van der Waals surface area contributed by atoms with Crippen LogP contribution in [-0.4, -0.2) is 58.0 Å². The van der Waals surface area contributed by atoms with Crippen molar-refractivity contribution in [1.82, 2.24) is 10.2 Å². The van der Waals surface area contributed by atoms with Crippen LogP contribution in [0.3, 0.4) is 0 Å². The van der Waals surface area contributed by atoms with Crippen LogP contribution >= 0.6 is 23.2 Å². The number of rotatable bonds is 13. The molecule has 0 aliphatic rings. The van der Waals surface area contributed by atoms with Gasteiger partial charge in [-0.1, -0.05) is 54.4 Å². The predicted octanol–water partition coefficient (Wildman–Crippen LogP) is 5.54. The molecule has 12 heteroatoms. The Bertz CT molecular complexity index is 1480. The zero-order chi connectivity index (χ0) is 31.0. The molecule has 0 aromatic heterocycles. The second-order valence-electron chi connectivity index (χ2n) is 9.58. The van der Waals surface area contributed by atoms with Gasteiger partial charge in [0.2, 0.25) is 11.8 Å². The maximum atomic E-state index is 14.1. The number of halogens is 2. The Morgan fingerprint density at radius 3 is 2.10 bits per heavy atom. The normalized spacial score (nSPS) is 12.6. The summed E-state index contributed by atoms with van der Waals surface area (Å²) in [5.41, 5.74) is 0.694. The fourth-order valence-corrected chi connectivity index (χ4v) is 6.08. The highest BCUT2D eigenvalue weighted by atomic mass is 35.5. The molecule has 3 rings (SSSR count). The molecule has 0 radical (unpaired) electrons. The van der Waals surface area contributed by atoms with E-state index in [0.717, 1.165) is 4.31 Å². The highest BCUT2D eigenvalue weighted by Crippen LogP contribution is 2.33. The molecule has 0 saturated carbocycles. The molecule has 0 aliphatic carbocycles. The molecule has 0 unspecified atom stereocenters. The third kappa shape index (κ3) is 7.67. The van der Waals surface area contributed by atoms with Crippen LogP contribution in [0.4, 0.5) is 5.69 Å². The standard InChI is InChI=1S/C30H35Cl2N3O6S/c1-6-20(2)33-30(37)21(3)34(18-24-25(31)13-10-14-26(24)32)29(36)19-35(22-11-8-7-9-12-22)42(38,39)23-15-16-27(40-4)28(17-23)41-5/h7-17,20-21H,6,18-19H2,1-5H3,(H,33,37)/t20-,21-/m0/s1. The van der Waals surface area contributed by atoms with Crippen molar-refractivity contribution in [2.45, 2.75) is 50.7 Å². The summed E-state index contributed by atoms with van der Waals surface area (Å²) in [5, 5.41) is 3.51. The van der Waals surface area contributed by atoms with Crippen LogP contribution in [0, 0.1) is 0 Å². The van der Waals surface area contributed by atoms with E-state index < -0.39 is 34.4 Å². The van der Waals surface area contributed by atoms with Crippen LogP contribution in [0.15, 0.2) is 71.6 Å². The Labute approximate surface area is 257 Å². The average Bonchev–Trinajstić information content (AvgIpc) is 2.99. The molecule has 226 valence electrons. The second-order valence-corrected chi connectivity index (χ2v) is 12.3. The van der Waals surface area contributed by atoms with Crippen molar-refractivity contribution < 1.29 is 27.5 Å². The molecule has 0 fully saturated rings. The smallest absolute Gasteiger partial charge is 0.264 e. The summed E-state index contributed by atoms with van der Waals surface area (Å²) >= 11 is 12.9. The number of nitrogens with zero attached hydrogens (tertiary/aromatic N) is 2. The number of carbonyl (C=O) groups excluding carboxylic acids is 2. The molecular weight excluding hydrogens is 601 g/mol. The lowest BCUT2D eigenvalue weighted by atomic mass is 10.1. The van der Waals surface area contributed by atoms with Crippen LogP contribution in [0.5, 0.6) is 11.5 Å². The molecule has 3 aromatic rings. The number of hydrogen-bond acceptors (Lipinski definition) is 6. The van der Waals surface area contributed by atoms with E-state index in [-0.39, 0.29) is 28.9 Å². The molecule has 0 saturated heterocycles. The Kier molecular flexibility index (Phi) is 11.5. The van der Waals surface area contributed by atoms with Gasteiger partial charge in [-0.15, -0.1) is 0 Å². The van der Waals surface area contributed by atoms with E-state index in [4.69, 9.17) is 32.7 Å². The lowest BCUT2D eigenvalue weighted by molar-refractivity contribution is -0.139. The fourth-order valence-electron chi connectivity index (χ4n) is 4.13. The van der Waals surface area contributed by atoms with E-state index in [1.165, 1.54) is 37.3 Å². The summed E-state index contributed by atoms with van der Waals surface area (Å²) in [6.07, 6.45) is 0.689. The molecule has 1 N–H and O–H groups in total. The SMILES string of the molecule is CC[C@H](C)NC(=O)[C@H](C)N(Cc1c(Cl)cccc1Cl)C(=O)CN(c1ccccc1)S(=O)(=O)c1ccc(OC)c(OC)c1. The lowest BCUT2D eigenvalue weighted by Gasteiger charge is -2.33. The first-order chi connectivity index (χ1) is 19.9. The third-order valence-electron chi connectivity index (χ3n) is 6.82. The Balaban J connectivity index is 2.08. The largest absolute Gasteiger partial charge is 0.493 e. The third-order valence-corrected chi connectivity index (χ3v) is 9.30. The topological polar surface area (TPSA) is 105 Å². The number of methoxy groups -OCH3 is 2. The first-order valence-corrected chi connectivity index (χ1v) is 15.5. The number of benzene rings is 3. The number of hydrogen-bond donors (Lipinski definition) is 1. The Hall–Kier alpha value is -3.47. The minimum absolute atomic E-state index is 0.111. The average molecular weight is 637 g/mol. The van der Waals surface area contributed by atoms with Gasteiger partial charge in [0.25, 0.3) is 10.0 Å². The molecule has 0 aliphatic heterocycles. The first-order valence-electron chi connectivity index (χ1n) is 13.3. The van der Waals surface area contributed by atoms with Crippen molar-refractivity contribution >= 4 is 50.7 Å². The van der Waals surface area contributed by atoms with Crippen molar-refractivity contribution in [3.8, 4) is 11.5 Å². The van der Waals surface area contributed by atoms with E-state index in [1.54, 1.807) is 55.5 Å². The summed E-state index contributed by atoms with van der Waals surface area (Å²) in [7, 11) is -1.46. The Morgan fingerprint density at radius 2 is 1.52 bits per heavy atom. The van der Waals surface area contributed by atoms with Gasteiger partial charge in [0, 0.05) is 34.3 Å². The van der Waals surface area contributed by atoms with Gasteiger partial charge in [-0.2, -0.15) is 0 Å². The molecule has 42 heavy (non-hydrogen) atoms. The van der Waals surface area contributed by atoms with Gasteiger partial charge in [-0.3, -0.25) is 13.9 Å². The number of sulfonamides is 1. The van der Waals surface area contributed by atoms with Crippen molar-refractivity contribution in [2.75, 3.05) is 25.1 Å². The number of nitrogens with one attached hydrogen (secondary N) is 1. The molecule has 0 spiro atoms. The molecular formula is C30H35Cl2N3O6S. The zero-order valence-electron chi connectivity index (χ0n) is 24.1. The maximum Gasteiger partial charge on any atom is 0.264 e. The minimum atomic E-state index is -4.30. The number of ether oxygens (including phenoxy) is 2. The maximum absolute atomic E-state index is 14.1. The summed E-state index contributed by atoms with van der Waals surface area (Å²) in [5.74, 6) is -0.466. The van der Waals surface area contributed by atoms with Crippen molar-refractivity contribution in [2.24, 2.45) is 0 Å². The summed E-state index contributed by atoms with van der Waals surface area (Å²) < 4.78 is 39.7. The second kappa shape index (κ2) is 14.6. The van der Waals surface area contributed by atoms with E-state index in [0.29, 0.717) is 27.8 Å². The summed E-state index contributed by atoms with van der Waals surface area (Å²) in [6.45, 7) is 4.64. The fraction of sp³-hybridized carbons (Fsp3) is 0.333. The number of amides is 2. The molecule has 2 atom stereocenters. The number of para-hydroxylation sites is 1. The molecule has 0 heterocycles. The summed E-state index contributed by atoms with van der Waals surface area (Å²) in [4.78, 5) is 28.4. The van der Waals surface area contributed by atoms with Crippen molar-refractivity contribution in [3.05, 3.63) is 82.3 Å². The van der Waals surface area contributed by atoms with Crippen molar-refractivity contribution in [1.29, 1.82) is 0 Å². The molecule has 0 bridgehead atoms. The number of anilines is 1. The minimum Gasteiger partial charge on any atom is -0.493 e. The van der Waals surface area contributed by atoms with Crippen LogP contribution in [0.25, 0.3) is 0 Å². The number of carbonyl (C=O) groups is 2. The van der Waals surface area contributed by atoms with Crippen LogP contribution in [0.2, 0.25) is 10.0 Å². The molecule has 3 aromatic carbocycles. The monoisotopic (exact) mass is 635 g/mol. The highest BCUT2D eigenvalue weighted by Gasteiger charge is 2.33. The predicted molar refractivity (Wildman–Crippen MR) is 165 cm³/mol. The summed E-state index contributed by atoms with van der Waals surface area (Å²) in [6, 6.07) is 16.3. The lowest BCUT2D eigenvalue weighted by Crippen LogP contribution is -2.52. The van der Waals surface area contributed by atoms with Gasteiger partial charge < -0.3 is 19.7 Å². The van der Waals surface area contributed by atoms with E-state index >= 15 is 0 Å². The van der Waals surface area contributed by atoms with Crippen LogP contribution in [0.1, 0.15) is 32.8 Å². The van der Waals surface area contributed by atoms with E-state index in [2.05, 4.69) is 5.32 Å². The van der Waals surface area contributed by atoms with E-state index in [1.807, 2.05) is 13.8 Å². The highest BCUT2D eigenvalue weighted by molar-refractivity contribution is 7.92. The molecule has 9 nitrogen and oxygen atoms in total. The van der Waals surface area contributed by atoms with Gasteiger partial charge in [0.05, 0.1) is 24.8 Å². The van der Waals surface area contributed by atoms with Crippen LogP contribution < -0.4 is 19.1 Å². The van der Waals surface area contributed by atoms with Gasteiger partial charge in [0.1, 0.15) is 12.6 Å². The zero-order valence-corrected chi connectivity index (χ0v) is 26.5. The van der Waals surface area contributed by atoms with Gasteiger partial charge in [-0.05, 0) is 56.7 Å². The molecule has 2 amide bonds. The quantitative estimate of drug-likeness (QED) is 0.264. The first kappa shape index (κ1) is 33.0. The Morgan fingerprint density at radius 1 is 0.905 bits per heavy atom. The van der Waals surface area contributed by atoms with Gasteiger partial charge in [-0.25, -0.2) is 8.42 Å². The van der Waals surface area contributed by atoms with Crippen molar-refractivity contribution in [3.63, 3.8) is 0 Å². The van der Waals surface area contributed by atoms with E-state index in [9.17, 15) is 18.0 Å². The van der Waals surface area contributed by atoms with Gasteiger partial charge >= 0.3 is 0 Å². The van der Waals surface area contributed by atoms with Crippen LogP contribution in [-0.2, 0) is 26.2 Å². The van der Waals surface area contributed by atoms with Gasteiger partial charge in [0.15, 0.2) is 11.5 Å².